The summed E-state index contributed by atoms with van der Waals surface area (Å²) in [6.45, 7) is 11.2. The van der Waals surface area contributed by atoms with Crippen LogP contribution in [-0.4, -0.2) is 102 Å². The first-order valence-electron chi connectivity index (χ1n) is 16.7. The van der Waals surface area contributed by atoms with Crippen LogP contribution < -0.4 is 4.74 Å². The second kappa shape index (κ2) is 14.2. The third-order valence-electron chi connectivity index (χ3n) is 9.37. The Bertz CT molecular complexity index is 1950. The molecule has 0 bridgehead atoms. The summed E-state index contributed by atoms with van der Waals surface area (Å²) >= 11 is 7.89. The number of aryl methyl sites for hydroxylation is 1. The second-order valence-electron chi connectivity index (χ2n) is 13.9. The van der Waals surface area contributed by atoms with Crippen molar-refractivity contribution >= 4 is 57.0 Å². The number of carbonyl (C=O) groups is 2. The number of benzene rings is 1. The molecular formula is C37H42ClN5O6S. The van der Waals surface area contributed by atoms with Crippen LogP contribution in [0.4, 0.5) is 4.79 Å². The lowest BCUT2D eigenvalue weighted by molar-refractivity contribution is -0.0192. The van der Waals surface area contributed by atoms with E-state index in [2.05, 4.69) is 22.9 Å². The summed E-state index contributed by atoms with van der Waals surface area (Å²) in [4.78, 5) is 53.0. The Morgan fingerprint density at radius 2 is 1.90 bits per heavy atom. The Morgan fingerprint density at radius 1 is 1.14 bits per heavy atom. The molecule has 1 saturated heterocycles. The average molecular weight is 720 g/mol. The van der Waals surface area contributed by atoms with Crippen LogP contribution in [-0.2, 0) is 14.3 Å². The van der Waals surface area contributed by atoms with Crippen molar-refractivity contribution in [2.75, 3.05) is 40.4 Å². The van der Waals surface area contributed by atoms with E-state index in [9.17, 15) is 14.4 Å². The number of likely N-dealkylation sites (tertiary alicyclic amines) is 1. The highest BCUT2D eigenvalue weighted by Crippen LogP contribution is 2.41. The molecule has 0 radical (unpaired) electrons. The van der Waals surface area contributed by atoms with Crippen LogP contribution in [0.3, 0.4) is 0 Å². The van der Waals surface area contributed by atoms with Gasteiger partial charge in [0, 0.05) is 63.7 Å². The van der Waals surface area contributed by atoms with Crippen LogP contribution >= 0.6 is 22.9 Å². The van der Waals surface area contributed by atoms with Crippen LogP contribution in [0.15, 0.2) is 51.6 Å². The van der Waals surface area contributed by atoms with Gasteiger partial charge in [0.1, 0.15) is 29.5 Å². The minimum atomic E-state index is -0.529. The van der Waals surface area contributed by atoms with E-state index in [1.54, 1.807) is 16.3 Å². The van der Waals surface area contributed by atoms with Gasteiger partial charge < -0.3 is 24.0 Å². The molecule has 0 spiro atoms. The van der Waals surface area contributed by atoms with Crippen molar-refractivity contribution in [2.45, 2.75) is 71.6 Å². The van der Waals surface area contributed by atoms with E-state index in [-0.39, 0.29) is 24.8 Å². The zero-order chi connectivity index (χ0) is 35.9. The van der Waals surface area contributed by atoms with Crippen LogP contribution in [0.5, 0.6) is 5.75 Å². The number of hydrogen-bond acceptors (Lipinski definition) is 11. The fourth-order valence-electron chi connectivity index (χ4n) is 6.75. The van der Waals surface area contributed by atoms with E-state index in [4.69, 9.17) is 30.8 Å². The second-order valence-corrected chi connectivity index (χ2v) is 15.2. The minimum absolute atomic E-state index is 0.198. The summed E-state index contributed by atoms with van der Waals surface area (Å²) in [7, 11) is 3.44. The molecule has 2 aliphatic heterocycles. The number of fused-ring (bicyclic) bond motifs is 1. The van der Waals surface area contributed by atoms with E-state index in [0.717, 1.165) is 51.5 Å². The Labute approximate surface area is 301 Å². The molecule has 2 aromatic heterocycles. The zero-order valence-corrected chi connectivity index (χ0v) is 31.0. The maximum absolute atomic E-state index is 12.6. The van der Waals surface area contributed by atoms with Gasteiger partial charge in [0.2, 0.25) is 0 Å². The molecule has 1 fully saturated rings. The Hall–Kier alpha value is -4.22. The number of esters is 1. The number of amides is 1. The number of halogens is 1. The van der Waals surface area contributed by atoms with Crippen LogP contribution in [0.1, 0.15) is 63.0 Å². The maximum atomic E-state index is 12.6. The summed E-state index contributed by atoms with van der Waals surface area (Å²) in [6.07, 6.45) is 2.05. The van der Waals surface area contributed by atoms with Crippen molar-refractivity contribution in [3.05, 3.63) is 62.9 Å². The van der Waals surface area contributed by atoms with Gasteiger partial charge in [-0.3, -0.25) is 9.88 Å². The fraction of sp³-hybridized carbons (Fsp3) is 0.459. The smallest absolute Gasteiger partial charge is 0.410 e. The predicted molar refractivity (Wildman–Crippen MR) is 195 cm³/mol. The van der Waals surface area contributed by atoms with E-state index in [1.165, 1.54) is 18.4 Å². The number of aliphatic imine (C=N–C) groups is 1. The number of amidine groups is 1. The van der Waals surface area contributed by atoms with E-state index in [0.29, 0.717) is 53.6 Å². The van der Waals surface area contributed by atoms with Gasteiger partial charge in [-0.2, -0.15) is 0 Å². The number of aromatic nitrogens is 1. The molecule has 264 valence electrons. The summed E-state index contributed by atoms with van der Waals surface area (Å²) in [6, 6.07) is 7.82. The van der Waals surface area contributed by atoms with Gasteiger partial charge >= 0.3 is 12.1 Å². The molecule has 1 unspecified atom stereocenters. The van der Waals surface area contributed by atoms with E-state index >= 15 is 0 Å². The van der Waals surface area contributed by atoms with Gasteiger partial charge in [0.15, 0.2) is 5.94 Å². The number of thiophene rings is 1. The van der Waals surface area contributed by atoms with Gasteiger partial charge in [0.05, 0.1) is 29.4 Å². The first-order valence-corrected chi connectivity index (χ1v) is 17.9. The number of ether oxygens (including phenoxy) is 3. The predicted octanol–water partition coefficient (Wildman–Crippen LogP) is 6.90. The topological polar surface area (TPSA) is 114 Å². The molecule has 4 heterocycles. The molecule has 1 aliphatic carbocycles. The van der Waals surface area contributed by atoms with Crippen LogP contribution in [0, 0.1) is 6.92 Å². The number of methoxy groups -OCH3 is 1. The molecule has 13 heteroatoms. The standard InChI is InChI=1S/C37H42ClN5O6S/c1-21-14-27(34-33(39-21)29(20-50-34)35(45)47-7)26-15-23(38)8-11-32(26)48-13-12-43-22(2)40-30-10-9-24(16-28(30)31(43)19-44)41(6)25-17-42(18-25)36(46)49-37(3,4)5/h8,11,14-15,20,24-25H,9-10,12-13,16-18H2,1-7H3. The monoisotopic (exact) mass is 719 g/mol. The molecule has 0 N–H and O–H groups in total. The fourth-order valence-corrected chi connectivity index (χ4v) is 7.93. The summed E-state index contributed by atoms with van der Waals surface area (Å²) in [5.41, 5.74) is 5.16. The molecule has 6 rings (SSSR count). The van der Waals surface area contributed by atoms with Gasteiger partial charge in [-0.05, 0) is 85.2 Å². The first-order chi connectivity index (χ1) is 23.8. The summed E-state index contributed by atoms with van der Waals surface area (Å²) < 4.78 is 17.7. The van der Waals surface area contributed by atoms with Crippen molar-refractivity contribution in [1.29, 1.82) is 0 Å². The number of carbonyl (C=O) groups excluding carboxylic acids is 3. The lowest BCUT2D eigenvalue weighted by atomic mass is 9.87. The number of allylic oxidation sites excluding steroid dienone is 2. The molecule has 50 heavy (non-hydrogen) atoms. The third kappa shape index (κ3) is 7.16. The summed E-state index contributed by atoms with van der Waals surface area (Å²) in [5.74, 6) is 3.12. The van der Waals surface area contributed by atoms with Crippen molar-refractivity contribution in [1.82, 2.24) is 19.7 Å². The number of hydrogen-bond donors (Lipinski definition) is 0. The number of nitrogens with zero attached hydrogens (tertiary/aromatic N) is 5. The van der Waals surface area contributed by atoms with Crippen molar-refractivity contribution in [3.63, 3.8) is 0 Å². The van der Waals surface area contributed by atoms with Crippen molar-refractivity contribution in [3.8, 4) is 16.9 Å². The average Bonchev–Trinajstić information content (AvgIpc) is 3.46. The largest absolute Gasteiger partial charge is 0.491 e. The Balaban J connectivity index is 1.15. The summed E-state index contributed by atoms with van der Waals surface area (Å²) in [5, 5.41) is 2.30. The highest BCUT2D eigenvalue weighted by molar-refractivity contribution is 7.18. The first kappa shape index (κ1) is 35.6. The zero-order valence-electron chi connectivity index (χ0n) is 29.5. The molecule has 3 aliphatic rings. The van der Waals surface area contributed by atoms with Crippen LogP contribution in [0.2, 0.25) is 5.02 Å². The molecule has 3 aromatic rings. The number of pyridine rings is 1. The van der Waals surface area contributed by atoms with Gasteiger partial charge in [-0.1, -0.05) is 11.6 Å². The van der Waals surface area contributed by atoms with E-state index < -0.39 is 11.6 Å². The lowest BCUT2D eigenvalue weighted by Gasteiger charge is -2.48. The highest BCUT2D eigenvalue weighted by atomic mass is 35.5. The lowest BCUT2D eigenvalue weighted by Crippen LogP contribution is -2.62. The highest BCUT2D eigenvalue weighted by Gasteiger charge is 2.40. The van der Waals surface area contributed by atoms with Gasteiger partial charge in [-0.15, -0.1) is 11.3 Å². The molecule has 0 saturated carbocycles. The quantitative estimate of drug-likeness (QED) is 0.181. The molecular weight excluding hydrogens is 678 g/mol. The van der Waals surface area contributed by atoms with Crippen LogP contribution in [0.25, 0.3) is 21.3 Å². The Morgan fingerprint density at radius 3 is 2.60 bits per heavy atom. The molecule has 11 nitrogen and oxygen atoms in total. The number of rotatable bonds is 8. The molecule has 1 atom stereocenters. The van der Waals surface area contributed by atoms with Gasteiger partial charge in [-0.25, -0.2) is 19.4 Å². The molecule has 1 amide bonds. The number of likely N-dealkylation sites (N-methyl/N-ethyl adjacent to an activating group) is 1. The third-order valence-corrected chi connectivity index (χ3v) is 10.6. The molecule has 1 aromatic carbocycles. The minimum Gasteiger partial charge on any atom is -0.491 e. The Kier molecular flexibility index (Phi) is 10.1. The van der Waals surface area contributed by atoms with Crippen molar-refractivity contribution < 1.29 is 28.6 Å². The SMILES string of the molecule is COC(=O)c1csc2c(-c3cc(Cl)ccc3OCCN3C(=C=O)C4=C(CCC(N(C)C5CN(C(=O)OC(C)(C)C)C5)C4)N=C3C)cc(C)nc12. The normalized spacial score (nSPS) is 18.1. The maximum Gasteiger partial charge on any atom is 0.410 e. The van der Waals surface area contributed by atoms with E-state index in [1.807, 2.05) is 57.7 Å². The van der Waals surface area contributed by atoms with Crippen molar-refractivity contribution in [2.24, 2.45) is 4.99 Å². The van der Waals surface area contributed by atoms with Gasteiger partial charge in [0.25, 0.3) is 0 Å².